The number of aliphatic imine (C=N–C) groups is 1. The molecule has 0 bridgehead atoms. The van der Waals surface area contributed by atoms with Gasteiger partial charge in [-0.3, -0.25) is 0 Å². The van der Waals surface area contributed by atoms with E-state index in [2.05, 4.69) is 23.2 Å². The summed E-state index contributed by atoms with van der Waals surface area (Å²) >= 11 is 0. The van der Waals surface area contributed by atoms with Crippen molar-refractivity contribution >= 4 is 6.72 Å². The van der Waals surface area contributed by atoms with Crippen LogP contribution >= 0.6 is 0 Å². The van der Waals surface area contributed by atoms with Crippen molar-refractivity contribution in [3.05, 3.63) is 47.8 Å². The van der Waals surface area contributed by atoms with Gasteiger partial charge in [0.25, 0.3) is 0 Å². The Morgan fingerprint density at radius 3 is 2.58 bits per heavy atom. The van der Waals surface area contributed by atoms with E-state index < -0.39 is 11.6 Å². The van der Waals surface area contributed by atoms with Crippen LogP contribution in [0.3, 0.4) is 0 Å². The lowest BCUT2D eigenvalue weighted by Crippen LogP contribution is -2.33. The SMILES string of the molecule is C=NC(=C)N1CCC(Cc2ccc(F)cc2F)CC1. The summed E-state index contributed by atoms with van der Waals surface area (Å²) in [6.07, 6.45) is 2.59. The molecule has 2 nitrogen and oxygen atoms in total. The monoisotopic (exact) mass is 264 g/mol. The first-order chi connectivity index (χ1) is 9.10. The van der Waals surface area contributed by atoms with Crippen LogP contribution in [-0.2, 0) is 6.42 Å². The third-order valence-corrected chi connectivity index (χ3v) is 3.69. The summed E-state index contributed by atoms with van der Waals surface area (Å²) in [7, 11) is 0. The van der Waals surface area contributed by atoms with Crippen LogP contribution in [0.25, 0.3) is 0 Å². The molecule has 0 spiro atoms. The fraction of sp³-hybridized carbons (Fsp3) is 0.400. The first-order valence-corrected chi connectivity index (χ1v) is 6.44. The second-order valence-electron chi connectivity index (χ2n) is 4.94. The lowest BCUT2D eigenvalue weighted by molar-refractivity contribution is 0.224. The van der Waals surface area contributed by atoms with Gasteiger partial charge in [-0.25, -0.2) is 13.8 Å². The quantitative estimate of drug-likeness (QED) is 0.761. The number of nitrogens with zero attached hydrogens (tertiary/aromatic N) is 2. The van der Waals surface area contributed by atoms with Gasteiger partial charge in [0.15, 0.2) is 0 Å². The highest BCUT2D eigenvalue weighted by molar-refractivity contribution is 5.27. The second-order valence-corrected chi connectivity index (χ2v) is 4.94. The maximum atomic E-state index is 13.6. The molecule has 1 aliphatic rings. The lowest BCUT2D eigenvalue weighted by Gasteiger charge is -2.33. The largest absolute Gasteiger partial charge is 0.357 e. The molecule has 0 N–H and O–H groups in total. The minimum atomic E-state index is -0.524. The van der Waals surface area contributed by atoms with Gasteiger partial charge in [-0.15, -0.1) is 0 Å². The Morgan fingerprint density at radius 2 is 2.00 bits per heavy atom. The number of rotatable bonds is 4. The third-order valence-electron chi connectivity index (χ3n) is 3.69. The van der Waals surface area contributed by atoms with Gasteiger partial charge in [0.2, 0.25) is 0 Å². The van der Waals surface area contributed by atoms with E-state index in [9.17, 15) is 8.78 Å². The number of hydrogen-bond acceptors (Lipinski definition) is 2. The fourth-order valence-electron chi connectivity index (χ4n) is 2.49. The molecule has 0 amide bonds. The van der Waals surface area contributed by atoms with E-state index in [1.165, 1.54) is 6.07 Å². The third kappa shape index (κ3) is 3.40. The molecule has 0 atom stereocenters. The molecule has 1 fully saturated rings. The van der Waals surface area contributed by atoms with Gasteiger partial charge in [0, 0.05) is 19.2 Å². The van der Waals surface area contributed by atoms with E-state index in [0.29, 0.717) is 23.7 Å². The van der Waals surface area contributed by atoms with Crippen molar-refractivity contribution in [1.82, 2.24) is 4.90 Å². The van der Waals surface area contributed by atoms with Crippen molar-refractivity contribution < 1.29 is 8.78 Å². The van der Waals surface area contributed by atoms with Crippen molar-refractivity contribution in [3.63, 3.8) is 0 Å². The molecule has 0 saturated carbocycles. The maximum absolute atomic E-state index is 13.6. The van der Waals surface area contributed by atoms with Crippen molar-refractivity contribution in [2.45, 2.75) is 19.3 Å². The summed E-state index contributed by atoms with van der Waals surface area (Å²) in [6, 6.07) is 3.81. The molecule has 1 aromatic carbocycles. The van der Waals surface area contributed by atoms with E-state index in [1.807, 2.05) is 0 Å². The number of hydrogen-bond donors (Lipinski definition) is 0. The Balaban J connectivity index is 1.92. The highest BCUT2D eigenvalue weighted by Crippen LogP contribution is 2.24. The van der Waals surface area contributed by atoms with E-state index >= 15 is 0 Å². The smallest absolute Gasteiger partial charge is 0.129 e. The van der Waals surface area contributed by atoms with Crippen LogP contribution in [0.15, 0.2) is 35.6 Å². The van der Waals surface area contributed by atoms with Crippen LogP contribution in [0.5, 0.6) is 0 Å². The van der Waals surface area contributed by atoms with E-state index in [4.69, 9.17) is 0 Å². The summed E-state index contributed by atoms with van der Waals surface area (Å²) in [5.41, 5.74) is 0.598. The standard InChI is InChI=1S/C15H18F2N2/c1-11(18-2)19-7-5-12(6-8-19)9-13-3-4-14(16)10-15(13)17/h3-4,10,12H,1-2,5-9H2. The van der Waals surface area contributed by atoms with Crippen molar-refractivity contribution in [2.75, 3.05) is 13.1 Å². The predicted octanol–water partition coefficient (Wildman–Crippen LogP) is 3.39. The Morgan fingerprint density at radius 1 is 1.32 bits per heavy atom. The van der Waals surface area contributed by atoms with Crippen LogP contribution in [0.4, 0.5) is 8.78 Å². The highest BCUT2D eigenvalue weighted by Gasteiger charge is 2.21. The van der Waals surface area contributed by atoms with E-state index in [0.717, 1.165) is 32.0 Å². The molecule has 4 heteroatoms. The van der Waals surface area contributed by atoms with Crippen LogP contribution in [0.2, 0.25) is 0 Å². The van der Waals surface area contributed by atoms with Crippen molar-refractivity contribution in [1.29, 1.82) is 0 Å². The average molecular weight is 264 g/mol. The molecule has 1 heterocycles. The fourth-order valence-corrected chi connectivity index (χ4v) is 2.49. The number of halogens is 2. The minimum Gasteiger partial charge on any atom is -0.357 e. The molecule has 0 aromatic heterocycles. The zero-order chi connectivity index (χ0) is 13.8. The van der Waals surface area contributed by atoms with Crippen LogP contribution in [0.1, 0.15) is 18.4 Å². The predicted molar refractivity (Wildman–Crippen MR) is 73.0 cm³/mol. The maximum Gasteiger partial charge on any atom is 0.129 e. The van der Waals surface area contributed by atoms with Gasteiger partial charge in [0.05, 0.1) is 0 Å². The van der Waals surface area contributed by atoms with Gasteiger partial charge in [-0.05, 0) is 43.5 Å². The molecule has 0 unspecified atom stereocenters. The van der Waals surface area contributed by atoms with Gasteiger partial charge in [-0.1, -0.05) is 12.6 Å². The van der Waals surface area contributed by atoms with Gasteiger partial charge < -0.3 is 4.90 Å². The molecule has 19 heavy (non-hydrogen) atoms. The van der Waals surface area contributed by atoms with Crippen molar-refractivity contribution in [2.24, 2.45) is 10.9 Å². The zero-order valence-corrected chi connectivity index (χ0v) is 10.9. The Labute approximate surface area is 112 Å². The molecule has 2 rings (SSSR count). The van der Waals surface area contributed by atoms with Crippen molar-refractivity contribution in [3.8, 4) is 0 Å². The summed E-state index contributed by atoms with van der Waals surface area (Å²) in [6.45, 7) is 9.02. The molecule has 0 radical (unpaired) electrons. The average Bonchev–Trinajstić information content (AvgIpc) is 2.42. The Kier molecular flexibility index (Phi) is 4.30. The summed E-state index contributed by atoms with van der Waals surface area (Å²) in [5.74, 6) is 0.157. The Bertz CT molecular complexity index is 477. The second kappa shape index (κ2) is 5.95. The molecular weight excluding hydrogens is 246 g/mol. The first-order valence-electron chi connectivity index (χ1n) is 6.44. The molecule has 1 aliphatic heterocycles. The molecule has 1 aromatic rings. The lowest BCUT2D eigenvalue weighted by atomic mass is 9.90. The molecular formula is C15H18F2N2. The summed E-state index contributed by atoms with van der Waals surface area (Å²) < 4.78 is 26.4. The Hall–Kier alpha value is -1.71. The zero-order valence-electron chi connectivity index (χ0n) is 10.9. The van der Waals surface area contributed by atoms with E-state index in [1.54, 1.807) is 6.07 Å². The number of benzene rings is 1. The molecule has 102 valence electrons. The van der Waals surface area contributed by atoms with Crippen LogP contribution in [-0.4, -0.2) is 24.7 Å². The van der Waals surface area contributed by atoms with Gasteiger partial charge in [-0.2, -0.15) is 0 Å². The number of likely N-dealkylation sites (tertiary alicyclic amines) is 1. The van der Waals surface area contributed by atoms with Crippen LogP contribution < -0.4 is 0 Å². The molecule has 0 aliphatic carbocycles. The summed E-state index contributed by atoms with van der Waals surface area (Å²) in [4.78, 5) is 5.91. The number of piperidine rings is 1. The van der Waals surface area contributed by atoms with Crippen LogP contribution in [0, 0.1) is 17.6 Å². The summed E-state index contributed by atoms with van der Waals surface area (Å²) in [5, 5.41) is 0. The van der Waals surface area contributed by atoms with E-state index in [-0.39, 0.29) is 0 Å². The highest BCUT2D eigenvalue weighted by atomic mass is 19.1. The normalized spacial score (nSPS) is 16.4. The van der Waals surface area contributed by atoms with Gasteiger partial charge >= 0.3 is 0 Å². The minimum absolute atomic E-state index is 0.425. The first kappa shape index (κ1) is 13.7. The molecule has 1 saturated heterocycles. The topological polar surface area (TPSA) is 15.6 Å². The van der Waals surface area contributed by atoms with Gasteiger partial charge in [0.1, 0.15) is 17.5 Å².